The first-order chi connectivity index (χ1) is 15.5. The van der Waals surface area contributed by atoms with Crippen LogP contribution >= 0.6 is 11.6 Å². The number of anilines is 1. The highest BCUT2D eigenvalue weighted by molar-refractivity contribution is 6.31. The van der Waals surface area contributed by atoms with Crippen molar-refractivity contribution in [3.63, 3.8) is 0 Å². The summed E-state index contributed by atoms with van der Waals surface area (Å²) in [6.45, 7) is 4.53. The van der Waals surface area contributed by atoms with Gasteiger partial charge in [-0.25, -0.2) is 4.79 Å². The molecule has 0 spiro atoms. The molecule has 0 bridgehead atoms. The summed E-state index contributed by atoms with van der Waals surface area (Å²) in [7, 11) is 0. The molecule has 0 fully saturated rings. The summed E-state index contributed by atoms with van der Waals surface area (Å²) in [5.74, 6) is 0. The lowest BCUT2D eigenvalue weighted by atomic mass is 10.00. The van der Waals surface area contributed by atoms with E-state index in [1.54, 1.807) is 6.07 Å². The van der Waals surface area contributed by atoms with Gasteiger partial charge >= 0.3 is 6.03 Å². The third-order valence-electron chi connectivity index (χ3n) is 6.02. The Kier molecular flexibility index (Phi) is 5.24. The van der Waals surface area contributed by atoms with Crippen molar-refractivity contribution in [2.24, 2.45) is 0 Å². The van der Waals surface area contributed by atoms with Gasteiger partial charge in [0, 0.05) is 22.6 Å². The number of carbonyl (C=O) groups excluding carboxylic acids is 1. The lowest BCUT2D eigenvalue weighted by Gasteiger charge is -2.31. The third-order valence-corrected chi connectivity index (χ3v) is 6.26. The van der Waals surface area contributed by atoms with Gasteiger partial charge in [-0.3, -0.25) is 0 Å². The number of aryl methyl sites for hydroxylation is 2. The SMILES string of the molecule is Cc1cccc([C@@H]2c3cccn3-c3ccccc3CN2C(=O)Nc2cc(Cl)ccc2C)c1. The second-order valence-corrected chi connectivity index (χ2v) is 8.70. The molecule has 0 unspecified atom stereocenters. The number of para-hydroxylation sites is 1. The van der Waals surface area contributed by atoms with E-state index in [1.807, 2.05) is 48.2 Å². The van der Waals surface area contributed by atoms with Crippen molar-refractivity contribution in [2.75, 3.05) is 5.32 Å². The van der Waals surface area contributed by atoms with Crippen LogP contribution in [0.15, 0.2) is 85.1 Å². The average molecular weight is 442 g/mol. The maximum Gasteiger partial charge on any atom is 0.322 e. The highest BCUT2D eigenvalue weighted by atomic mass is 35.5. The van der Waals surface area contributed by atoms with Crippen molar-refractivity contribution in [1.82, 2.24) is 9.47 Å². The van der Waals surface area contributed by atoms with E-state index in [2.05, 4.69) is 59.4 Å². The minimum absolute atomic E-state index is 0.161. The van der Waals surface area contributed by atoms with E-state index in [-0.39, 0.29) is 12.1 Å². The molecule has 4 aromatic rings. The van der Waals surface area contributed by atoms with E-state index >= 15 is 0 Å². The molecule has 5 heteroatoms. The molecule has 0 saturated carbocycles. The Morgan fingerprint density at radius 1 is 0.969 bits per heavy atom. The number of rotatable bonds is 2. The number of urea groups is 1. The summed E-state index contributed by atoms with van der Waals surface area (Å²) in [5, 5.41) is 3.70. The molecular weight excluding hydrogens is 418 g/mol. The van der Waals surface area contributed by atoms with E-state index in [4.69, 9.17) is 11.6 Å². The monoisotopic (exact) mass is 441 g/mol. The van der Waals surface area contributed by atoms with Gasteiger partial charge in [0.15, 0.2) is 0 Å². The first-order valence-electron chi connectivity index (χ1n) is 10.7. The molecule has 2 heterocycles. The van der Waals surface area contributed by atoms with Gasteiger partial charge in [-0.2, -0.15) is 0 Å². The van der Waals surface area contributed by atoms with Gasteiger partial charge in [-0.15, -0.1) is 0 Å². The summed E-state index contributed by atoms with van der Waals surface area (Å²) in [6, 6.07) is 25.9. The predicted octanol–water partition coefficient (Wildman–Crippen LogP) is 6.88. The molecule has 4 nitrogen and oxygen atoms in total. The third kappa shape index (κ3) is 3.67. The van der Waals surface area contributed by atoms with Crippen molar-refractivity contribution in [3.05, 3.63) is 118 Å². The molecular formula is C27H24ClN3O. The number of benzene rings is 3. The number of fused-ring (bicyclic) bond motifs is 3. The van der Waals surface area contributed by atoms with Crippen LogP contribution in [0.25, 0.3) is 5.69 Å². The van der Waals surface area contributed by atoms with Crippen LogP contribution in [0.4, 0.5) is 10.5 Å². The van der Waals surface area contributed by atoms with Crippen LogP contribution in [0.3, 0.4) is 0 Å². The number of hydrogen-bond donors (Lipinski definition) is 1. The van der Waals surface area contributed by atoms with Crippen molar-refractivity contribution in [2.45, 2.75) is 26.4 Å². The number of amides is 2. The highest BCUT2D eigenvalue weighted by Gasteiger charge is 2.33. The zero-order valence-electron chi connectivity index (χ0n) is 18.0. The lowest BCUT2D eigenvalue weighted by molar-refractivity contribution is 0.194. The fourth-order valence-electron chi connectivity index (χ4n) is 4.45. The van der Waals surface area contributed by atoms with E-state index < -0.39 is 0 Å². The van der Waals surface area contributed by atoms with Crippen LogP contribution in [-0.4, -0.2) is 15.5 Å². The predicted molar refractivity (Wildman–Crippen MR) is 130 cm³/mol. The van der Waals surface area contributed by atoms with Crippen LogP contribution < -0.4 is 5.32 Å². The van der Waals surface area contributed by atoms with Crippen molar-refractivity contribution >= 4 is 23.3 Å². The summed E-state index contributed by atoms with van der Waals surface area (Å²) >= 11 is 6.21. The first-order valence-corrected chi connectivity index (χ1v) is 11.0. The maximum absolute atomic E-state index is 13.8. The average Bonchev–Trinajstić information content (AvgIpc) is 3.20. The van der Waals surface area contributed by atoms with E-state index in [9.17, 15) is 4.79 Å². The zero-order valence-corrected chi connectivity index (χ0v) is 18.8. The van der Waals surface area contributed by atoms with Crippen LogP contribution in [-0.2, 0) is 6.54 Å². The maximum atomic E-state index is 13.8. The molecule has 5 rings (SSSR count). The van der Waals surface area contributed by atoms with Gasteiger partial charge in [0.2, 0.25) is 0 Å². The largest absolute Gasteiger partial charge is 0.322 e. The fourth-order valence-corrected chi connectivity index (χ4v) is 4.62. The van der Waals surface area contributed by atoms with Crippen molar-refractivity contribution < 1.29 is 4.79 Å². The Morgan fingerprint density at radius 2 is 1.81 bits per heavy atom. The molecule has 1 aromatic heterocycles. The Balaban J connectivity index is 1.65. The van der Waals surface area contributed by atoms with E-state index in [0.717, 1.165) is 39.3 Å². The highest BCUT2D eigenvalue weighted by Crippen LogP contribution is 2.37. The summed E-state index contributed by atoms with van der Waals surface area (Å²) in [5.41, 5.74) is 7.17. The van der Waals surface area contributed by atoms with Crippen LogP contribution in [0.5, 0.6) is 0 Å². The smallest absolute Gasteiger partial charge is 0.318 e. The molecule has 32 heavy (non-hydrogen) atoms. The van der Waals surface area contributed by atoms with Gasteiger partial charge < -0.3 is 14.8 Å². The van der Waals surface area contributed by atoms with Gasteiger partial charge in [-0.1, -0.05) is 65.7 Å². The first kappa shape index (κ1) is 20.4. The number of nitrogens with zero attached hydrogens (tertiary/aromatic N) is 2. The van der Waals surface area contributed by atoms with Crippen LogP contribution in [0.1, 0.15) is 34.0 Å². The lowest BCUT2D eigenvalue weighted by Crippen LogP contribution is -2.38. The number of hydrogen-bond acceptors (Lipinski definition) is 1. The molecule has 2 amide bonds. The summed E-state index contributed by atoms with van der Waals surface area (Å²) < 4.78 is 2.19. The number of aromatic nitrogens is 1. The van der Waals surface area contributed by atoms with Gasteiger partial charge in [0.25, 0.3) is 0 Å². The number of nitrogens with one attached hydrogen (secondary N) is 1. The van der Waals surface area contributed by atoms with E-state index in [0.29, 0.717) is 11.6 Å². The Hall–Kier alpha value is -3.50. The Labute approximate surface area is 193 Å². The number of carbonyl (C=O) groups is 1. The summed E-state index contributed by atoms with van der Waals surface area (Å²) in [4.78, 5) is 15.7. The van der Waals surface area contributed by atoms with Crippen molar-refractivity contribution in [1.29, 1.82) is 0 Å². The van der Waals surface area contributed by atoms with Crippen molar-refractivity contribution in [3.8, 4) is 5.69 Å². The molecule has 1 atom stereocenters. The molecule has 0 aliphatic carbocycles. The second kappa shape index (κ2) is 8.21. The molecule has 0 saturated heterocycles. The molecule has 1 N–H and O–H groups in total. The minimum Gasteiger partial charge on any atom is -0.318 e. The standard InChI is InChI=1S/C27H24ClN3O/c1-18-7-5-9-20(15-18)26-25-11-6-14-30(25)24-10-4-3-8-21(24)17-31(26)27(32)29-23-16-22(28)13-12-19(23)2/h3-16,26H,17H2,1-2H3,(H,29,32)/t26-/m1/s1. The minimum atomic E-state index is -0.239. The fraction of sp³-hybridized carbons (Fsp3) is 0.148. The second-order valence-electron chi connectivity index (χ2n) is 8.27. The normalized spacial score (nSPS) is 15.0. The van der Waals surface area contributed by atoms with E-state index in [1.165, 1.54) is 0 Å². The zero-order chi connectivity index (χ0) is 22.2. The number of halogens is 1. The summed E-state index contributed by atoms with van der Waals surface area (Å²) in [6.07, 6.45) is 2.07. The Bertz CT molecular complexity index is 1310. The van der Waals surface area contributed by atoms with Gasteiger partial charge in [0.1, 0.15) is 0 Å². The van der Waals surface area contributed by atoms with Gasteiger partial charge in [-0.05, 0) is 60.9 Å². The molecule has 3 aromatic carbocycles. The molecule has 0 radical (unpaired) electrons. The molecule has 160 valence electrons. The molecule has 1 aliphatic rings. The molecule has 1 aliphatic heterocycles. The van der Waals surface area contributed by atoms with Gasteiger partial charge in [0.05, 0.1) is 18.3 Å². The quantitative estimate of drug-likeness (QED) is 0.361. The van der Waals surface area contributed by atoms with Crippen LogP contribution in [0, 0.1) is 13.8 Å². The van der Waals surface area contributed by atoms with Crippen LogP contribution in [0.2, 0.25) is 5.02 Å². The Morgan fingerprint density at radius 3 is 2.66 bits per heavy atom. The topological polar surface area (TPSA) is 37.3 Å².